The number of ether oxygens (including phenoxy) is 2. The molecule has 0 aliphatic carbocycles. The van der Waals surface area contributed by atoms with Crippen molar-refractivity contribution in [3.05, 3.63) is 66.4 Å². The minimum Gasteiger partial charge on any atom is -0.467 e. The van der Waals surface area contributed by atoms with Gasteiger partial charge in [-0.25, -0.2) is 18.0 Å². The molecule has 1 fully saturated rings. The molecule has 2 aromatic heterocycles. The molecule has 1 aliphatic heterocycles. The van der Waals surface area contributed by atoms with Gasteiger partial charge >= 0.3 is 12.0 Å². The molecule has 0 radical (unpaired) electrons. The Morgan fingerprint density at radius 2 is 1.69 bits per heavy atom. The number of anilines is 2. The van der Waals surface area contributed by atoms with E-state index in [9.17, 15) is 18.0 Å². The number of carbonyl (C=O) groups excluding carboxylic acids is 1. The third-order valence-electron chi connectivity index (χ3n) is 5.85. The van der Waals surface area contributed by atoms with Crippen LogP contribution in [0.25, 0.3) is 10.9 Å². The molecule has 4 aromatic rings. The summed E-state index contributed by atoms with van der Waals surface area (Å²) in [7, 11) is 1.48. The van der Waals surface area contributed by atoms with Crippen molar-refractivity contribution >= 4 is 28.3 Å². The summed E-state index contributed by atoms with van der Waals surface area (Å²) in [5.74, 6) is -3.11. The normalized spacial score (nSPS) is 13.7. The van der Waals surface area contributed by atoms with Gasteiger partial charge in [-0.2, -0.15) is 9.97 Å². The van der Waals surface area contributed by atoms with Crippen LogP contribution >= 0.6 is 0 Å². The predicted molar refractivity (Wildman–Crippen MR) is 126 cm³/mol. The molecule has 2 amide bonds. The molecule has 2 aromatic carbocycles. The van der Waals surface area contributed by atoms with E-state index in [-0.39, 0.29) is 22.6 Å². The zero-order chi connectivity index (χ0) is 25.2. The van der Waals surface area contributed by atoms with Crippen LogP contribution in [0.4, 0.5) is 29.3 Å². The molecule has 0 saturated carbocycles. The average Bonchev–Trinajstić information content (AvgIpc) is 3.30. The minimum absolute atomic E-state index is 0.0573. The summed E-state index contributed by atoms with van der Waals surface area (Å²) in [4.78, 5) is 27.0. The highest BCUT2D eigenvalue weighted by molar-refractivity contribution is 6.01. The van der Waals surface area contributed by atoms with Gasteiger partial charge < -0.3 is 29.6 Å². The van der Waals surface area contributed by atoms with Crippen LogP contribution in [0.3, 0.4) is 0 Å². The Hall–Kier alpha value is -4.48. The van der Waals surface area contributed by atoms with Gasteiger partial charge in [0, 0.05) is 43.4 Å². The third-order valence-corrected chi connectivity index (χ3v) is 5.85. The quantitative estimate of drug-likeness (QED) is 0.393. The number of nitrogens with one attached hydrogen (secondary N) is 2. The number of rotatable bonds is 5. The summed E-state index contributed by atoms with van der Waals surface area (Å²) in [6.07, 6.45) is 4.35. The number of methoxy groups -OCH3 is 1. The highest BCUT2D eigenvalue weighted by atomic mass is 19.2. The first-order valence-electron chi connectivity index (χ1n) is 11.0. The van der Waals surface area contributed by atoms with E-state index in [0.717, 1.165) is 11.8 Å². The number of H-pyrrole nitrogens is 1. The van der Waals surface area contributed by atoms with Gasteiger partial charge in [0.25, 0.3) is 0 Å². The molecule has 9 nitrogen and oxygen atoms in total. The van der Waals surface area contributed by atoms with Gasteiger partial charge in [-0.3, -0.25) is 0 Å². The molecule has 2 N–H and O–H groups in total. The van der Waals surface area contributed by atoms with Crippen molar-refractivity contribution in [3.8, 4) is 17.5 Å². The van der Waals surface area contributed by atoms with Crippen molar-refractivity contribution in [1.29, 1.82) is 0 Å². The van der Waals surface area contributed by atoms with E-state index in [1.165, 1.54) is 25.7 Å². The number of aromatic amines is 1. The summed E-state index contributed by atoms with van der Waals surface area (Å²) in [6.45, 7) is 2.05. The zero-order valence-corrected chi connectivity index (χ0v) is 19.1. The smallest absolute Gasteiger partial charge is 0.322 e. The van der Waals surface area contributed by atoms with Crippen LogP contribution < -0.4 is 19.7 Å². The SMILES string of the molecule is COc1ncc(Oc2ccc(N3CCN(C(=O)Nc4c[nH]c5c(F)c(F)c(F)cc45)CC3)cc2)cn1. The van der Waals surface area contributed by atoms with E-state index in [1.54, 1.807) is 4.90 Å². The van der Waals surface area contributed by atoms with Crippen LogP contribution in [0, 0.1) is 17.5 Å². The van der Waals surface area contributed by atoms with E-state index in [1.807, 2.05) is 24.3 Å². The second kappa shape index (κ2) is 9.64. The molecule has 1 saturated heterocycles. The Morgan fingerprint density at radius 3 is 2.36 bits per heavy atom. The number of carbonyl (C=O) groups is 1. The van der Waals surface area contributed by atoms with Crippen molar-refractivity contribution in [2.45, 2.75) is 0 Å². The summed E-state index contributed by atoms with van der Waals surface area (Å²) < 4.78 is 51.7. The van der Waals surface area contributed by atoms with E-state index in [4.69, 9.17) is 9.47 Å². The van der Waals surface area contributed by atoms with Gasteiger partial charge in [0.15, 0.2) is 23.2 Å². The van der Waals surface area contributed by atoms with E-state index < -0.39 is 23.5 Å². The van der Waals surface area contributed by atoms with Crippen LogP contribution in [0.15, 0.2) is 48.9 Å². The van der Waals surface area contributed by atoms with Crippen molar-refractivity contribution in [1.82, 2.24) is 19.9 Å². The van der Waals surface area contributed by atoms with Crippen molar-refractivity contribution < 1.29 is 27.4 Å². The molecule has 1 aliphatic rings. The van der Waals surface area contributed by atoms with Gasteiger partial charge in [0.2, 0.25) is 0 Å². The lowest BCUT2D eigenvalue weighted by atomic mass is 10.2. The number of benzene rings is 2. The first-order chi connectivity index (χ1) is 17.4. The molecule has 3 heterocycles. The van der Waals surface area contributed by atoms with E-state index in [2.05, 4.69) is 25.2 Å². The summed E-state index contributed by atoms with van der Waals surface area (Å²) in [6, 6.07) is 8.20. The number of hydrogen-bond donors (Lipinski definition) is 2. The molecular weight excluding hydrogens is 477 g/mol. The maximum Gasteiger partial charge on any atom is 0.322 e. The Kier molecular flexibility index (Phi) is 6.23. The fourth-order valence-corrected chi connectivity index (χ4v) is 3.96. The minimum atomic E-state index is -1.56. The first kappa shape index (κ1) is 23.3. The molecule has 12 heteroatoms. The molecule has 186 valence electrons. The number of amides is 2. The van der Waals surface area contributed by atoms with Crippen LogP contribution in [0.1, 0.15) is 0 Å². The summed E-state index contributed by atoms with van der Waals surface area (Å²) in [5.41, 5.74) is 0.937. The first-order valence-corrected chi connectivity index (χ1v) is 11.0. The average molecular weight is 498 g/mol. The number of urea groups is 1. The van der Waals surface area contributed by atoms with Gasteiger partial charge in [0.05, 0.1) is 30.7 Å². The molecule has 5 rings (SSSR count). The third kappa shape index (κ3) is 4.57. The largest absolute Gasteiger partial charge is 0.467 e. The van der Waals surface area contributed by atoms with Gasteiger partial charge in [-0.1, -0.05) is 0 Å². The standard InChI is InChI=1S/C24H21F3N6O3/c1-35-23-29-11-16(12-30-23)36-15-4-2-14(3-5-15)32-6-8-33(9-7-32)24(34)31-19-13-28-22-17(19)10-18(25)20(26)21(22)27/h2-5,10-13,28H,6-9H2,1H3,(H,31,34). The summed E-state index contributed by atoms with van der Waals surface area (Å²) in [5, 5.41) is 2.71. The number of nitrogens with zero attached hydrogens (tertiary/aromatic N) is 4. The van der Waals surface area contributed by atoms with Crippen LogP contribution in [-0.2, 0) is 0 Å². The van der Waals surface area contributed by atoms with Gasteiger partial charge in [0.1, 0.15) is 5.75 Å². The predicted octanol–water partition coefficient (Wildman–Crippen LogP) is 4.53. The van der Waals surface area contributed by atoms with Crippen molar-refractivity contribution in [2.24, 2.45) is 0 Å². The Bertz CT molecular complexity index is 1390. The summed E-state index contributed by atoms with van der Waals surface area (Å²) >= 11 is 0. The fraction of sp³-hybridized carbons (Fsp3) is 0.208. The maximum atomic E-state index is 13.9. The lowest BCUT2D eigenvalue weighted by Crippen LogP contribution is -2.50. The highest BCUT2D eigenvalue weighted by Gasteiger charge is 2.23. The molecule has 0 spiro atoms. The van der Waals surface area contributed by atoms with Crippen molar-refractivity contribution in [3.63, 3.8) is 0 Å². The van der Waals surface area contributed by atoms with Gasteiger partial charge in [-0.15, -0.1) is 0 Å². The number of piperazine rings is 1. The number of aromatic nitrogens is 3. The lowest BCUT2D eigenvalue weighted by Gasteiger charge is -2.36. The lowest BCUT2D eigenvalue weighted by molar-refractivity contribution is 0.208. The second-order valence-corrected chi connectivity index (χ2v) is 8.02. The molecule has 36 heavy (non-hydrogen) atoms. The van der Waals surface area contributed by atoms with Crippen LogP contribution in [0.5, 0.6) is 17.5 Å². The van der Waals surface area contributed by atoms with Crippen molar-refractivity contribution in [2.75, 3.05) is 43.5 Å². The maximum absolute atomic E-state index is 13.9. The number of halogens is 3. The van der Waals surface area contributed by atoms with E-state index in [0.29, 0.717) is 37.7 Å². The monoisotopic (exact) mass is 498 g/mol. The zero-order valence-electron chi connectivity index (χ0n) is 19.1. The number of fused-ring (bicyclic) bond motifs is 1. The Morgan fingerprint density at radius 1 is 1.00 bits per heavy atom. The topological polar surface area (TPSA) is 95.6 Å². The highest BCUT2D eigenvalue weighted by Crippen LogP contribution is 2.29. The van der Waals surface area contributed by atoms with Crippen LogP contribution in [-0.4, -0.2) is 59.2 Å². The van der Waals surface area contributed by atoms with E-state index >= 15 is 0 Å². The second-order valence-electron chi connectivity index (χ2n) is 8.02. The molecule has 0 unspecified atom stereocenters. The Balaban J connectivity index is 1.17. The fourth-order valence-electron chi connectivity index (χ4n) is 3.96. The molecule has 0 atom stereocenters. The Labute approximate surface area is 203 Å². The van der Waals surface area contributed by atoms with Gasteiger partial charge in [-0.05, 0) is 30.3 Å². The number of hydrogen-bond acceptors (Lipinski definition) is 6. The molecular formula is C24H21F3N6O3. The van der Waals surface area contributed by atoms with Crippen LogP contribution in [0.2, 0.25) is 0 Å². The molecule has 0 bridgehead atoms.